The maximum absolute atomic E-state index is 11.6. The molecular weight excluding hydrogens is 272 g/mol. The number of hydrogen-bond donors (Lipinski definition) is 2. The van der Waals surface area contributed by atoms with Crippen LogP contribution in [0.15, 0.2) is 12.1 Å². The molecule has 0 saturated carbocycles. The van der Waals surface area contributed by atoms with Gasteiger partial charge in [-0.15, -0.1) is 4.73 Å². The third-order valence-electron chi connectivity index (χ3n) is 2.41. The van der Waals surface area contributed by atoms with Gasteiger partial charge in [-0.25, -0.2) is 4.79 Å². The predicted octanol–water partition coefficient (Wildman–Crippen LogP) is 2.21. The highest BCUT2D eigenvalue weighted by molar-refractivity contribution is 8.28. The lowest BCUT2D eigenvalue weighted by Crippen LogP contribution is -2.19. The minimum atomic E-state index is -0.463. The Morgan fingerprint density at radius 2 is 2.06 bits per heavy atom. The number of nitrogens with zero attached hydrogens (tertiary/aromatic N) is 1. The Bertz CT molecular complexity index is 425. The van der Waals surface area contributed by atoms with Gasteiger partial charge in [0.25, 0.3) is 0 Å². The molecule has 1 aromatic rings. The van der Waals surface area contributed by atoms with Gasteiger partial charge in [0.05, 0.1) is 19.4 Å². The zero-order valence-corrected chi connectivity index (χ0v) is 12.3. The highest BCUT2D eigenvalue weighted by Crippen LogP contribution is 2.58. The summed E-state index contributed by atoms with van der Waals surface area (Å²) in [4.78, 5) is 16.5. The Labute approximate surface area is 108 Å². The van der Waals surface area contributed by atoms with Crippen molar-refractivity contribution in [2.75, 3.05) is 19.0 Å². The van der Waals surface area contributed by atoms with Crippen LogP contribution in [-0.4, -0.2) is 46.2 Å². The minimum Gasteiger partial charge on any atom is -0.492 e. The molecule has 1 aromatic heterocycles. The summed E-state index contributed by atoms with van der Waals surface area (Å²) in [7, 11) is -0.465. The molecule has 0 spiro atoms. The smallest absolute Gasteiger partial charge is 0.333 e. The molecule has 2 atom stereocenters. The van der Waals surface area contributed by atoms with E-state index in [2.05, 4.69) is 19.9 Å². The average molecular weight is 290 g/mol. The summed E-state index contributed by atoms with van der Waals surface area (Å²) in [5, 5.41) is 18.6. The summed E-state index contributed by atoms with van der Waals surface area (Å²) in [6.45, 7) is 4.21. The van der Waals surface area contributed by atoms with Crippen LogP contribution in [0.2, 0.25) is 0 Å². The van der Waals surface area contributed by atoms with Crippen molar-refractivity contribution in [1.29, 1.82) is 0 Å². The molecule has 0 aliphatic rings. The SMILES string of the molecule is C=[P+](C)P(CC)CCC(=O)On1c(O)ccc1O. The van der Waals surface area contributed by atoms with Crippen molar-refractivity contribution >= 4 is 27.1 Å². The van der Waals surface area contributed by atoms with Gasteiger partial charge in [-0.3, -0.25) is 0 Å². The van der Waals surface area contributed by atoms with Crippen LogP contribution in [0.4, 0.5) is 0 Å². The van der Waals surface area contributed by atoms with Gasteiger partial charge in [-0.1, -0.05) is 6.92 Å². The van der Waals surface area contributed by atoms with E-state index >= 15 is 0 Å². The normalized spacial score (nSPS) is 13.1. The molecule has 0 amide bonds. The summed E-state index contributed by atoms with van der Waals surface area (Å²) in [5.74, 6) is -1.06. The monoisotopic (exact) mass is 290 g/mol. The molecule has 1 heterocycles. The third kappa shape index (κ3) is 4.01. The van der Waals surface area contributed by atoms with E-state index in [0.29, 0.717) is 0 Å². The van der Waals surface area contributed by atoms with Crippen molar-refractivity contribution in [3.63, 3.8) is 0 Å². The Hall–Kier alpha value is -1.05. The molecule has 7 heteroatoms. The van der Waals surface area contributed by atoms with Crippen molar-refractivity contribution in [3.8, 4) is 11.8 Å². The van der Waals surface area contributed by atoms with Gasteiger partial charge in [0.2, 0.25) is 11.8 Å². The predicted molar refractivity (Wildman–Crippen MR) is 76.3 cm³/mol. The first-order chi connectivity index (χ1) is 8.45. The van der Waals surface area contributed by atoms with Crippen LogP contribution in [0.3, 0.4) is 0 Å². The fourth-order valence-corrected chi connectivity index (χ4v) is 5.79. The van der Waals surface area contributed by atoms with Crippen LogP contribution in [-0.2, 0) is 4.79 Å². The van der Waals surface area contributed by atoms with Crippen LogP contribution in [0.1, 0.15) is 13.3 Å². The third-order valence-corrected chi connectivity index (χ3v) is 9.19. The quantitative estimate of drug-likeness (QED) is 0.788. The molecular formula is C11H18NO4P2+. The Morgan fingerprint density at radius 3 is 2.50 bits per heavy atom. The topological polar surface area (TPSA) is 71.7 Å². The summed E-state index contributed by atoms with van der Waals surface area (Å²) < 4.78 is 0.718. The van der Waals surface area contributed by atoms with E-state index in [1.54, 1.807) is 0 Å². The van der Waals surface area contributed by atoms with Crippen molar-refractivity contribution in [3.05, 3.63) is 12.1 Å². The Kier molecular flexibility index (Phi) is 5.64. The Morgan fingerprint density at radius 1 is 1.50 bits per heavy atom. The highest BCUT2D eigenvalue weighted by atomic mass is 32.1. The molecule has 100 valence electrons. The van der Waals surface area contributed by atoms with E-state index in [-0.39, 0.29) is 33.0 Å². The summed E-state index contributed by atoms with van der Waals surface area (Å²) in [6.07, 6.45) is 6.15. The lowest BCUT2D eigenvalue weighted by atomic mass is 10.5. The van der Waals surface area contributed by atoms with Gasteiger partial charge in [0.1, 0.15) is 14.8 Å². The maximum Gasteiger partial charge on any atom is 0.333 e. The van der Waals surface area contributed by atoms with Gasteiger partial charge >= 0.3 is 5.97 Å². The lowest BCUT2D eigenvalue weighted by molar-refractivity contribution is -0.144. The first-order valence-corrected chi connectivity index (χ1v) is 9.94. The van der Waals surface area contributed by atoms with Crippen LogP contribution in [0.25, 0.3) is 0 Å². The number of aromatic nitrogens is 1. The maximum atomic E-state index is 11.6. The molecule has 0 saturated heterocycles. The molecule has 2 unspecified atom stereocenters. The zero-order chi connectivity index (χ0) is 13.7. The number of aromatic hydroxyl groups is 2. The Balaban J connectivity index is 2.50. The van der Waals surface area contributed by atoms with Gasteiger partial charge in [-0.2, -0.15) is 0 Å². The molecule has 5 nitrogen and oxygen atoms in total. The largest absolute Gasteiger partial charge is 0.492 e. The van der Waals surface area contributed by atoms with Gasteiger partial charge < -0.3 is 15.1 Å². The van der Waals surface area contributed by atoms with Crippen molar-refractivity contribution in [2.24, 2.45) is 0 Å². The molecule has 0 radical (unpaired) electrons. The lowest BCUT2D eigenvalue weighted by Gasteiger charge is -2.08. The molecule has 0 aliphatic carbocycles. The fraction of sp³-hybridized carbons (Fsp3) is 0.455. The molecule has 0 aliphatic heterocycles. The molecule has 2 N–H and O–H groups in total. The number of carbonyl (C=O) groups excluding carboxylic acids is 1. The van der Waals surface area contributed by atoms with Gasteiger partial charge in [0.15, 0.2) is 0 Å². The van der Waals surface area contributed by atoms with Crippen LogP contribution in [0, 0.1) is 0 Å². The van der Waals surface area contributed by atoms with Crippen LogP contribution >= 0.6 is 14.8 Å². The van der Waals surface area contributed by atoms with E-state index in [1.807, 2.05) is 0 Å². The van der Waals surface area contributed by atoms with E-state index in [1.165, 1.54) is 12.1 Å². The van der Waals surface area contributed by atoms with E-state index in [0.717, 1.165) is 17.1 Å². The molecule has 1 rings (SSSR count). The average Bonchev–Trinajstić information content (AvgIpc) is 2.61. The second-order valence-electron chi connectivity index (χ2n) is 3.76. The number of hydrogen-bond acceptors (Lipinski definition) is 4. The van der Waals surface area contributed by atoms with Crippen molar-refractivity contribution in [2.45, 2.75) is 13.3 Å². The zero-order valence-electron chi connectivity index (χ0n) is 10.5. The van der Waals surface area contributed by atoms with Crippen LogP contribution < -0.4 is 4.84 Å². The van der Waals surface area contributed by atoms with E-state index < -0.39 is 5.97 Å². The molecule has 0 aromatic carbocycles. The van der Waals surface area contributed by atoms with Crippen molar-refractivity contribution in [1.82, 2.24) is 4.73 Å². The summed E-state index contributed by atoms with van der Waals surface area (Å²) >= 11 is 0. The van der Waals surface area contributed by atoms with Crippen LogP contribution in [0.5, 0.6) is 11.8 Å². The highest BCUT2D eigenvalue weighted by Gasteiger charge is 2.20. The first kappa shape index (κ1) is 15.0. The van der Waals surface area contributed by atoms with E-state index in [4.69, 9.17) is 4.84 Å². The van der Waals surface area contributed by atoms with Gasteiger partial charge in [0, 0.05) is 24.5 Å². The summed E-state index contributed by atoms with van der Waals surface area (Å²) in [6, 6.07) is 2.51. The first-order valence-electron chi connectivity index (χ1n) is 5.55. The number of carbonyl (C=O) groups is 1. The van der Waals surface area contributed by atoms with Crippen molar-refractivity contribution < 1.29 is 19.8 Å². The van der Waals surface area contributed by atoms with E-state index in [9.17, 15) is 15.0 Å². The molecule has 0 fully saturated rings. The fourth-order valence-electron chi connectivity index (χ4n) is 1.43. The van der Waals surface area contributed by atoms with Gasteiger partial charge in [-0.05, 0) is 0 Å². The molecule has 18 heavy (non-hydrogen) atoms. The minimum absolute atomic E-state index is 0.210. The standard InChI is InChI=1S/C11H17NO4P2/c1-4-18(17(2)3)8-7-11(15)16-12-9(13)5-6-10(12)14/h5-6H,2,4,7-8H2,1,3H3,(H-,13,14)/p+1. The second-order valence-corrected chi connectivity index (χ2v) is 10.9. The summed E-state index contributed by atoms with van der Waals surface area (Å²) in [5.41, 5.74) is 0. The number of rotatable bonds is 6. The second kappa shape index (κ2) is 6.77. The molecule has 0 bridgehead atoms.